The molecule has 1 aromatic rings. The lowest BCUT2D eigenvalue weighted by molar-refractivity contribution is -0.125. The Labute approximate surface area is 140 Å². The van der Waals surface area contributed by atoms with Gasteiger partial charge in [0.1, 0.15) is 0 Å². The molecule has 21 heavy (non-hydrogen) atoms. The number of hydrogen-bond donors (Lipinski definition) is 0. The average Bonchev–Trinajstić information content (AvgIpc) is 2.48. The van der Waals surface area contributed by atoms with Gasteiger partial charge in [-0.05, 0) is 47.4 Å². The van der Waals surface area contributed by atoms with E-state index in [9.17, 15) is 4.79 Å². The number of carbonyl (C=O) groups excluding carboxylic acids is 1. The SMILES string of the molecule is CN(C)C(=O)C1=C(I)C2CCC1C=C2Cc1ccccc1. The second-order valence-corrected chi connectivity index (χ2v) is 7.26. The van der Waals surface area contributed by atoms with Gasteiger partial charge in [-0.25, -0.2) is 0 Å². The van der Waals surface area contributed by atoms with Crippen LogP contribution < -0.4 is 0 Å². The molecule has 110 valence electrons. The van der Waals surface area contributed by atoms with Crippen LogP contribution in [0.1, 0.15) is 18.4 Å². The first-order valence-electron chi connectivity index (χ1n) is 7.43. The van der Waals surface area contributed by atoms with Crippen LogP contribution in [0.25, 0.3) is 0 Å². The highest BCUT2D eigenvalue weighted by molar-refractivity contribution is 14.1. The fourth-order valence-corrected chi connectivity index (χ4v) is 4.73. The molecule has 0 N–H and O–H groups in total. The van der Waals surface area contributed by atoms with Gasteiger partial charge >= 0.3 is 0 Å². The van der Waals surface area contributed by atoms with Crippen molar-refractivity contribution < 1.29 is 4.79 Å². The highest BCUT2D eigenvalue weighted by Gasteiger charge is 2.38. The molecular weight excluding hydrogens is 373 g/mol. The number of allylic oxidation sites excluding steroid dienone is 3. The van der Waals surface area contributed by atoms with E-state index >= 15 is 0 Å². The maximum Gasteiger partial charge on any atom is 0.250 e. The van der Waals surface area contributed by atoms with Crippen molar-refractivity contribution in [1.29, 1.82) is 0 Å². The summed E-state index contributed by atoms with van der Waals surface area (Å²) in [5.74, 6) is 0.953. The molecule has 0 saturated heterocycles. The van der Waals surface area contributed by atoms with Gasteiger partial charge in [-0.15, -0.1) is 0 Å². The molecule has 3 heteroatoms. The molecule has 0 aromatic heterocycles. The van der Waals surface area contributed by atoms with Gasteiger partial charge in [0.15, 0.2) is 0 Å². The minimum atomic E-state index is 0.184. The van der Waals surface area contributed by atoms with Gasteiger partial charge in [0.2, 0.25) is 0 Å². The van der Waals surface area contributed by atoms with Crippen molar-refractivity contribution in [1.82, 2.24) is 4.90 Å². The Hall–Kier alpha value is -1.10. The lowest BCUT2D eigenvalue weighted by atomic mass is 9.70. The summed E-state index contributed by atoms with van der Waals surface area (Å²) < 4.78 is 1.27. The standard InChI is InChI=1S/C18H20INO/c1-20(2)18(21)16-13-8-9-15(17(16)19)14(11-13)10-12-6-4-3-5-7-12/h3-7,11,13,15H,8-10H2,1-2H3. The van der Waals surface area contributed by atoms with Crippen molar-refractivity contribution >= 4 is 28.5 Å². The van der Waals surface area contributed by atoms with E-state index in [1.807, 2.05) is 14.1 Å². The first-order chi connectivity index (χ1) is 10.1. The molecule has 3 aliphatic carbocycles. The topological polar surface area (TPSA) is 20.3 Å². The van der Waals surface area contributed by atoms with Gasteiger partial charge in [0, 0.05) is 35.1 Å². The third-order valence-electron chi connectivity index (χ3n) is 4.45. The predicted molar refractivity (Wildman–Crippen MR) is 94.2 cm³/mol. The van der Waals surface area contributed by atoms with Crippen LogP contribution in [0, 0.1) is 11.8 Å². The smallest absolute Gasteiger partial charge is 0.250 e. The molecule has 1 aromatic carbocycles. The number of halogens is 1. The molecule has 2 atom stereocenters. The van der Waals surface area contributed by atoms with E-state index in [0.29, 0.717) is 11.8 Å². The first kappa shape index (κ1) is 14.8. The number of carbonyl (C=O) groups is 1. The Balaban J connectivity index is 1.87. The summed E-state index contributed by atoms with van der Waals surface area (Å²) in [6.07, 6.45) is 5.67. The fraction of sp³-hybridized carbons (Fsp3) is 0.389. The van der Waals surface area contributed by atoms with E-state index in [0.717, 1.165) is 18.4 Å². The van der Waals surface area contributed by atoms with Crippen LogP contribution in [0.3, 0.4) is 0 Å². The van der Waals surface area contributed by atoms with Gasteiger partial charge in [-0.3, -0.25) is 4.79 Å². The highest BCUT2D eigenvalue weighted by atomic mass is 127. The van der Waals surface area contributed by atoms with Crippen LogP contribution in [0.5, 0.6) is 0 Å². The van der Waals surface area contributed by atoms with E-state index in [4.69, 9.17) is 0 Å². The molecule has 0 spiro atoms. The largest absolute Gasteiger partial charge is 0.345 e. The number of hydrogen-bond acceptors (Lipinski definition) is 1. The quantitative estimate of drug-likeness (QED) is 0.562. The molecule has 2 bridgehead atoms. The summed E-state index contributed by atoms with van der Waals surface area (Å²) in [6, 6.07) is 10.6. The summed E-state index contributed by atoms with van der Waals surface area (Å²) in [5.41, 5.74) is 3.90. The number of likely N-dealkylation sites (N-methyl/N-ethyl adjacent to an activating group) is 1. The van der Waals surface area contributed by atoms with Gasteiger partial charge in [-0.2, -0.15) is 0 Å². The van der Waals surface area contributed by atoms with Gasteiger partial charge in [0.05, 0.1) is 0 Å². The second kappa shape index (κ2) is 5.95. The van der Waals surface area contributed by atoms with E-state index in [2.05, 4.69) is 59.0 Å². The summed E-state index contributed by atoms with van der Waals surface area (Å²) >= 11 is 2.41. The van der Waals surface area contributed by atoms with E-state index in [1.165, 1.54) is 21.1 Å². The minimum absolute atomic E-state index is 0.184. The molecule has 2 unspecified atom stereocenters. The number of rotatable bonds is 3. The maximum absolute atomic E-state index is 12.4. The number of nitrogens with zero attached hydrogens (tertiary/aromatic N) is 1. The summed E-state index contributed by atoms with van der Waals surface area (Å²) in [5, 5.41) is 0. The Morgan fingerprint density at radius 2 is 1.95 bits per heavy atom. The molecule has 0 aliphatic heterocycles. The zero-order valence-electron chi connectivity index (χ0n) is 12.5. The number of amides is 1. The monoisotopic (exact) mass is 393 g/mol. The van der Waals surface area contributed by atoms with Gasteiger partial charge < -0.3 is 4.90 Å². The molecule has 4 rings (SSSR count). The summed E-state index contributed by atoms with van der Waals surface area (Å²) in [6.45, 7) is 0. The molecule has 0 heterocycles. The van der Waals surface area contributed by atoms with Crippen LogP contribution in [-0.4, -0.2) is 24.9 Å². The van der Waals surface area contributed by atoms with Crippen molar-refractivity contribution in [2.45, 2.75) is 19.3 Å². The van der Waals surface area contributed by atoms with Crippen LogP contribution in [0.4, 0.5) is 0 Å². The Kier molecular flexibility index (Phi) is 4.20. The molecule has 0 saturated carbocycles. The number of benzene rings is 1. The van der Waals surface area contributed by atoms with Crippen molar-refractivity contribution in [2.75, 3.05) is 14.1 Å². The van der Waals surface area contributed by atoms with Crippen LogP contribution in [0.2, 0.25) is 0 Å². The van der Waals surface area contributed by atoms with Crippen molar-refractivity contribution in [2.24, 2.45) is 11.8 Å². The van der Waals surface area contributed by atoms with Crippen molar-refractivity contribution in [3.05, 3.63) is 56.7 Å². The van der Waals surface area contributed by atoms with Crippen molar-refractivity contribution in [3.63, 3.8) is 0 Å². The predicted octanol–water partition coefficient (Wildman–Crippen LogP) is 3.97. The van der Waals surface area contributed by atoms with E-state index < -0.39 is 0 Å². The average molecular weight is 393 g/mol. The Morgan fingerprint density at radius 1 is 1.24 bits per heavy atom. The maximum atomic E-state index is 12.4. The number of fused-ring (bicyclic) bond motifs is 1. The summed E-state index contributed by atoms with van der Waals surface area (Å²) in [7, 11) is 3.69. The van der Waals surface area contributed by atoms with Crippen LogP contribution in [-0.2, 0) is 11.2 Å². The molecular formula is C18H20INO. The molecule has 2 nitrogen and oxygen atoms in total. The Bertz CT molecular complexity index is 615. The minimum Gasteiger partial charge on any atom is -0.345 e. The van der Waals surface area contributed by atoms with Crippen LogP contribution in [0.15, 0.2) is 51.1 Å². The molecule has 0 radical (unpaired) electrons. The summed E-state index contributed by atoms with van der Waals surface area (Å²) in [4.78, 5) is 14.1. The Morgan fingerprint density at radius 3 is 2.57 bits per heavy atom. The zero-order chi connectivity index (χ0) is 15.0. The van der Waals surface area contributed by atoms with E-state index in [1.54, 1.807) is 4.90 Å². The van der Waals surface area contributed by atoms with E-state index in [-0.39, 0.29) is 5.91 Å². The molecule has 3 aliphatic rings. The lowest BCUT2D eigenvalue weighted by Crippen LogP contribution is -2.34. The van der Waals surface area contributed by atoms with Gasteiger partial charge in [0.25, 0.3) is 5.91 Å². The zero-order valence-corrected chi connectivity index (χ0v) is 14.6. The second-order valence-electron chi connectivity index (χ2n) is 6.10. The third-order valence-corrected chi connectivity index (χ3v) is 5.78. The first-order valence-corrected chi connectivity index (χ1v) is 8.51. The fourth-order valence-electron chi connectivity index (χ4n) is 3.39. The normalized spacial score (nSPS) is 24.0. The lowest BCUT2D eigenvalue weighted by Gasteiger charge is -2.38. The third kappa shape index (κ3) is 2.80. The highest BCUT2D eigenvalue weighted by Crippen LogP contribution is 2.48. The molecule has 0 fully saturated rings. The van der Waals surface area contributed by atoms with Gasteiger partial charge in [-0.1, -0.05) is 42.0 Å². The van der Waals surface area contributed by atoms with Crippen molar-refractivity contribution in [3.8, 4) is 0 Å². The molecule has 1 amide bonds. The van der Waals surface area contributed by atoms with Crippen LogP contribution >= 0.6 is 22.6 Å².